The monoisotopic (exact) mass is 236 g/mol. The van der Waals surface area contributed by atoms with Crippen molar-refractivity contribution in [1.29, 1.82) is 0 Å². The Morgan fingerprint density at radius 3 is 1.88 bits per heavy atom. The summed E-state index contributed by atoms with van der Waals surface area (Å²) in [4.78, 5) is 20.7. The molecule has 4 nitrogen and oxygen atoms in total. The molecule has 94 valence electrons. The van der Waals surface area contributed by atoms with E-state index in [1.165, 1.54) is 12.2 Å². The second-order valence-electron chi connectivity index (χ2n) is 3.12. The van der Waals surface area contributed by atoms with E-state index in [2.05, 4.69) is 36.9 Å². The minimum absolute atomic E-state index is 0.155. The average Bonchev–Trinajstić information content (AvgIpc) is 2.33. The molecule has 0 bridgehead atoms. The topological polar surface area (TPSA) is 58.2 Å². The van der Waals surface area contributed by atoms with E-state index in [0.29, 0.717) is 13.1 Å². The number of rotatable bonds is 6. The molecular formula is C13H20N2O2. The van der Waals surface area contributed by atoms with Gasteiger partial charge in [0, 0.05) is 13.1 Å². The van der Waals surface area contributed by atoms with E-state index in [-0.39, 0.29) is 11.8 Å². The highest BCUT2D eigenvalue weighted by molar-refractivity contribution is 5.87. The average molecular weight is 236 g/mol. The smallest absolute Gasteiger partial charge is 0.243 e. The van der Waals surface area contributed by atoms with Crippen LogP contribution in [0.25, 0.3) is 0 Å². The van der Waals surface area contributed by atoms with Gasteiger partial charge >= 0.3 is 0 Å². The predicted octanol–water partition coefficient (Wildman–Crippen LogP) is 1.34. The fourth-order valence-corrected chi connectivity index (χ4v) is 0.555. The Morgan fingerprint density at radius 1 is 1.06 bits per heavy atom. The van der Waals surface area contributed by atoms with Gasteiger partial charge in [0.15, 0.2) is 0 Å². The van der Waals surface area contributed by atoms with Crippen LogP contribution in [0.3, 0.4) is 0 Å². The summed E-state index contributed by atoms with van der Waals surface area (Å²) >= 11 is 0. The molecule has 0 spiro atoms. The number of carbonyl (C=O) groups excluding carboxylic acids is 2. The maximum atomic E-state index is 10.4. The van der Waals surface area contributed by atoms with Crippen LogP contribution < -0.4 is 10.6 Å². The van der Waals surface area contributed by atoms with Crippen molar-refractivity contribution in [2.75, 3.05) is 13.1 Å². The Balaban J connectivity index is 0. The van der Waals surface area contributed by atoms with Crippen molar-refractivity contribution in [3.05, 3.63) is 50.1 Å². The van der Waals surface area contributed by atoms with Crippen LogP contribution in [0.4, 0.5) is 0 Å². The Labute approximate surface area is 103 Å². The van der Waals surface area contributed by atoms with Crippen molar-refractivity contribution in [3.63, 3.8) is 0 Å². The van der Waals surface area contributed by atoms with E-state index in [1.54, 1.807) is 6.08 Å². The standard InChI is InChI=1S/C7H11NO.C6H9NO/c1-4-7(9)8-5-6(2)3;1-3-5-7-6(8)4-2/h4H,1-2,5H2,3H3,(H,8,9);3-4H,1-2,5H2,(H,7,8). The van der Waals surface area contributed by atoms with Crippen LogP contribution >= 0.6 is 0 Å². The van der Waals surface area contributed by atoms with Gasteiger partial charge in [-0.1, -0.05) is 31.4 Å². The molecule has 0 aromatic heterocycles. The number of nitrogens with one attached hydrogen (secondary N) is 2. The van der Waals surface area contributed by atoms with E-state index in [9.17, 15) is 9.59 Å². The molecule has 0 atom stereocenters. The zero-order valence-corrected chi connectivity index (χ0v) is 10.3. The number of hydrogen-bond acceptors (Lipinski definition) is 2. The number of carbonyl (C=O) groups is 2. The van der Waals surface area contributed by atoms with Crippen LogP contribution in [0.1, 0.15) is 6.92 Å². The van der Waals surface area contributed by atoms with Crippen LogP contribution in [0.15, 0.2) is 50.1 Å². The third-order valence-corrected chi connectivity index (χ3v) is 1.36. The summed E-state index contributed by atoms with van der Waals surface area (Å²) in [6.45, 7) is 16.5. The molecule has 0 saturated heterocycles. The lowest BCUT2D eigenvalue weighted by Crippen LogP contribution is -2.22. The largest absolute Gasteiger partial charge is 0.349 e. The first-order valence-electron chi connectivity index (χ1n) is 5.03. The molecule has 0 aliphatic heterocycles. The first-order chi connectivity index (χ1) is 7.97. The molecule has 0 heterocycles. The lowest BCUT2D eigenvalue weighted by atomic mass is 10.3. The molecule has 4 heteroatoms. The minimum atomic E-state index is -0.162. The van der Waals surface area contributed by atoms with Gasteiger partial charge in [-0.2, -0.15) is 0 Å². The van der Waals surface area contributed by atoms with Gasteiger partial charge in [-0.05, 0) is 19.1 Å². The highest BCUT2D eigenvalue weighted by Gasteiger charge is 1.89. The summed E-state index contributed by atoms with van der Waals surface area (Å²) in [7, 11) is 0. The first kappa shape index (κ1) is 17.3. The Kier molecular flexibility index (Phi) is 12.2. The summed E-state index contributed by atoms with van der Waals surface area (Å²) in [5.41, 5.74) is 0.935. The second kappa shape index (κ2) is 12.0. The zero-order chi connectivity index (χ0) is 13.7. The lowest BCUT2D eigenvalue weighted by Gasteiger charge is -1.98. The van der Waals surface area contributed by atoms with Gasteiger partial charge in [0.2, 0.25) is 11.8 Å². The van der Waals surface area contributed by atoms with Crippen LogP contribution in [0.5, 0.6) is 0 Å². The van der Waals surface area contributed by atoms with Crippen LogP contribution in [0, 0.1) is 0 Å². The van der Waals surface area contributed by atoms with Gasteiger partial charge in [0.05, 0.1) is 0 Å². The Hall–Kier alpha value is -2.10. The van der Waals surface area contributed by atoms with Gasteiger partial charge in [-0.3, -0.25) is 9.59 Å². The molecule has 0 rings (SSSR count). The Morgan fingerprint density at radius 2 is 1.53 bits per heavy atom. The Bertz CT molecular complexity index is 307. The molecule has 0 aliphatic carbocycles. The van der Waals surface area contributed by atoms with Crippen molar-refractivity contribution in [1.82, 2.24) is 10.6 Å². The van der Waals surface area contributed by atoms with E-state index in [1.807, 2.05) is 6.92 Å². The lowest BCUT2D eigenvalue weighted by molar-refractivity contribution is -0.117. The van der Waals surface area contributed by atoms with Gasteiger partial charge in [-0.25, -0.2) is 0 Å². The summed E-state index contributed by atoms with van der Waals surface area (Å²) in [5.74, 6) is -0.317. The SMILES string of the molecule is C=CC(=O)NCC(=C)C.C=CCNC(=O)C=C. The maximum absolute atomic E-state index is 10.4. The van der Waals surface area contributed by atoms with Gasteiger partial charge < -0.3 is 10.6 Å². The molecule has 2 N–H and O–H groups in total. The summed E-state index contributed by atoms with van der Waals surface area (Å²) in [6.07, 6.45) is 4.08. The zero-order valence-electron chi connectivity index (χ0n) is 10.3. The molecule has 0 fully saturated rings. The third kappa shape index (κ3) is 16.6. The van der Waals surface area contributed by atoms with Crippen LogP contribution in [-0.4, -0.2) is 24.9 Å². The predicted molar refractivity (Wildman–Crippen MR) is 71.4 cm³/mol. The fraction of sp³-hybridized carbons (Fsp3) is 0.231. The normalized spacial score (nSPS) is 7.82. The van der Waals surface area contributed by atoms with Gasteiger partial charge in [-0.15, -0.1) is 6.58 Å². The highest BCUT2D eigenvalue weighted by Crippen LogP contribution is 1.80. The minimum Gasteiger partial charge on any atom is -0.349 e. The van der Waals surface area contributed by atoms with E-state index < -0.39 is 0 Å². The molecule has 0 aliphatic rings. The van der Waals surface area contributed by atoms with Crippen molar-refractivity contribution in [2.45, 2.75) is 6.92 Å². The van der Waals surface area contributed by atoms with Crippen molar-refractivity contribution < 1.29 is 9.59 Å². The summed E-state index contributed by atoms with van der Waals surface area (Å²) in [5, 5.41) is 5.08. The van der Waals surface area contributed by atoms with E-state index in [4.69, 9.17) is 0 Å². The molecule has 0 radical (unpaired) electrons. The van der Waals surface area contributed by atoms with Gasteiger partial charge in [0.1, 0.15) is 0 Å². The molecule has 2 amide bonds. The highest BCUT2D eigenvalue weighted by atomic mass is 16.2. The number of hydrogen-bond donors (Lipinski definition) is 2. The fourth-order valence-electron chi connectivity index (χ4n) is 0.555. The van der Waals surface area contributed by atoms with E-state index in [0.717, 1.165) is 5.57 Å². The quantitative estimate of drug-likeness (QED) is 0.540. The number of amides is 2. The molecule has 0 saturated carbocycles. The van der Waals surface area contributed by atoms with Crippen molar-refractivity contribution >= 4 is 11.8 Å². The van der Waals surface area contributed by atoms with Gasteiger partial charge in [0.25, 0.3) is 0 Å². The first-order valence-corrected chi connectivity index (χ1v) is 5.03. The summed E-state index contributed by atoms with van der Waals surface area (Å²) < 4.78 is 0. The van der Waals surface area contributed by atoms with Crippen molar-refractivity contribution in [2.24, 2.45) is 0 Å². The third-order valence-electron chi connectivity index (χ3n) is 1.36. The van der Waals surface area contributed by atoms with Crippen LogP contribution in [0.2, 0.25) is 0 Å². The second-order valence-corrected chi connectivity index (χ2v) is 3.12. The van der Waals surface area contributed by atoms with Crippen molar-refractivity contribution in [3.8, 4) is 0 Å². The maximum Gasteiger partial charge on any atom is 0.243 e. The van der Waals surface area contributed by atoms with E-state index >= 15 is 0 Å². The molecule has 0 unspecified atom stereocenters. The molecule has 0 aromatic rings. The molecule has 0 aromatic carbocycles. The summed E-state index contributed by atoms with van der Waals surface area (Å²) in [6, 6.07) is 0. The molecular weight excluding hydrogens is 216 g/mol. The van der Waals surface area contributed by atoms with Crippen LogP contribution in [-0.2, 0) is 9.59 Å². The molecule has 17 heavy (non-hydrogen) atoms.